The number of nitrogens with zero attached hydrogens (tertiary/aromatic N) is 2. The second-order valence-electron chi connectivity index (χ2n) is 7.63. The molecule has 1 aromatic carbocycles. The number of para-hydroxylation sites is 1. The summed E-state index contributed by atoms with van der Waals surface area (Å²) in [5.41, 5.74) is 3.04. The predicted octanol–water partition coefficient (Wildman–Crippen LogP) is 5.01. The summed E-state index contributed by atoms with van der Waals surface area (Å²) in [6, 6.07) is 7.42. The highest BCUT2D eigenvalue weighted by atomic mass is 32.1. The summed E-state index contributed by atoms with van der Waals surface area (Å²) in [7, 11) is 0. The fraction of sp³-hybridized carbons (Fsp3) is 0.333. The molecule has 1 aliphatic rings. The number of carboxylic acid groups (broad SMARTS) is 1. The summed E-state index contributed by atoms with van der Waals surface area (Å²) in [6.45, 7) is 2.09. The van der Waals surface area contributed by atoms with E-state index in [1.165, 1.54) is 20.8 Å². The number of aliphatic carboxylic acids is 1. The summed E-state index contributed by atoms with van der Waals surface area (Å²) in [6.07, 6.45) is 6.98. The lowest BCUT2D eigenvalue weighted by Gasteiger charge is -2.11. The number of aryl methyl sites for hydroxylation is 1. The van der Waals surface area contributed by atoms with Gasteiger partial charge in [-0.25, -0.2) is 9.79 Å². The van der Waals surface area contributed by atoms with Crippen LogP contribution in [0.3, 0.4) is 0 Å². The molecule has 1 N–H and O–H groups in total. The van der Waals surface area contributed by atoms with Crippen LogP contribution in [0.15, 0.2) is 35.5 Å². The number of carbonyl (C=O) groups excluding carboxylic acids is 2. The molecule has 0 bridgehead atoms. The Morgan fingerprint density at radius 2 is 1.97 bits per heavy atom. The van der Waals surface area contributed by atoms with Crippen molar-refractivity contribution in [1.29, 1.82) is 0 Å². The minimum atomic E-state index is -1.01. The van der Waals surface area contributed by atoms with Crippen LogP contribution in [0.25, 0.3) is 10.9 Å². The highest BCUT2D eigenvalue weighted by Crippen LogP contribution is 2.40. The molecule has 7 nitrogen and oxygen atoms in total. The summed E-state index contributed by atoms with van der Waals surface area (Å²) in [5.74, 6) is -1.64. The molecule has 2 heterocycles. The Hall–Kier alpha value is -3.26. The number of aliphatic imine (C=N–C) groups is 1. The van der Waals surface area contributed by atoms with Crippen LogP contribution in [0.1, 0.15) is 63.8 Å². The molecule has 0 saturated carbocycles. The van der Waals surface area contributed by atoms with Gasteiger partial charge in [0, 0.05) is 34.7 Å². The maximum atomic E-state index is 12.7. The van der Waals surface area contributed by atoms with Gasteiger partial charge in [0.2, 0.25) is 5.91 Å². The molecule has 3 aromatic rings. The summed E-state index contributed by atoms with van der Waals surface area (Å²) >= 11 is 1.53. The molecule has 0 saturated heterocycles. The maximum absolute atomic E-state index is 12.7. The van der Waals surface area contributed by atoms with Crippen molar-refractivity contribution in [2.75, 3.05) is 6.61 Å². The number of aromatic nitrogens is 1. The van der Waals surface area contributed by atoms with Gasteiger partial charge >= 0.3 is 11.9 Å². The molecule has 0 spiro atoms. The molecule has 8 heteroatoms. The molecule has 0 aliphatic heterocycles. The maximum Gasteiger partial charge on any atom is 0.341 e. The van der Waals surface area contributed by atoms with E-state index in [4.69, 9.17) is 9.84 Å². The van der Waals surface area contributed by atoms with Crippen molar-refractivity contribution in [2.24, 2.45) is 4.99 Å². The first kappa shape index (κ1) is 22.0. The van der Waals surface area contributed by atoms with E-state index in [9.17, 15) is 14.4 Å². The van der Waals surface area contributed by atoms with Crippen LogP contribution in [-0.2, 0) is 22.4 Å². The standard InChI is InChI=1S/C24H24N2O5S/c1-2-31-24(30)22-17-8-4-6-10-19(17)32-23(22)25-13-15-14-26(20(27)11-12-21(28)29)18-9-5-3-7-16(15)18/h3,5,7,9,13-14H,2,4,6,8,10-12H2,1H3,(H,28,29). The smallest absolute Gasteiger partial charge is 0.341 e. The summed E-state index contributed by atoms with van der Waals surface area (Å²) in [5, 5.41) is 10.4. The topological polar surface area (TPSA) is 98.0 Å². The third-order valence-corrected chi connectivity index (χ3v) is 6.72. The van der Waals surface area contributed by atoms with Gasteiger partial charge in [0.15, 0.2) is 0 Å². The number of carboxylic acids is 1. The van der Waals surface area contributed by atoms with Crippen molar-refractivity contribution in [3.05, 3.63) is 52.0 Å². The number of hydrogen-bond acceptors (Lipinski definition) is 6. The normalized spacial score (nSPS) is 13.4. The van der Waals surface area contributed by atoms with E-state index in [0.29, 0.717) is 22.7 Å². The van der Waals surface area contributed by atoms with Crippen LogP contribution >= 0.6 is 11.3 Å². The van der Waals surface area contributed by atoms with Crippen molar-refractivity contribution in [2.45, 2.75) is 45.4 Å². The van der Waals surface area contributed by atoms with E-state index < -0.39 is 5.97 Å². The number of thiophene rings is 1. The van der Waals surface area contributed by atoms with Gasteiger partial charge in [-0.2, -0.15) is 0 Å². The quantitative estimate of drug-likeness (QED) is 0.401. The minimum Gasteiger partial charge on any atom is -0.481 e. The fourth-order valence-corrected chi connectivity index (χ4v) is 5.25. The number of hydrogen-bond donors (Lipinski definition) is 1. The molecule has 0 unspecified atom stereocenters. The second kappa shape index (κ2) is 9.48. The van der Waals surface area contributed by atoms with Gasteiger partial charge < -0.3 is 9.84 Å². The van der Waals surface area contributed by atoms with Crippen LogP contribution in [0.2, 0.25) is 0 Å². The van der Waals surface area contributed by atoms with Gasteiger partial charge in [0.25, 0.3) is 0 Å². The number of carbonyl (C=O) groups is 3. The van der Waals surface area contributed by atoms with E-state index in [2.05, 4.69) is 4.99 Å². The number of esters is 1. The van der Waals surface area contributed by atoms with Crippen LogP contribution in [0.5, 0.6) is 0 Å². The minimum absolute atomic E-state index is 0.0881. The largest absolute Gasteiger partial charge is 0.481 e. The van der Waals surface area contributed by atoms with Crippen molar-refractivity contribution in [1.82, 2.24) is 4.57 Å². The van der Waals surface area contributed by atoms with Gasteiger partial charge in [-0.15, -0.1) is 11.3 Å². The van der Waals surface area contributed by atoms with Crippen molar-refractivity contribution in [3.63, 3.8) is 0 Å². The lowest BCUT2D eigenvalue weighted by Crippen LogP contribution is -2.11. The van der Waals surface area contributed by atoms with Gasteiger partial charge in [-0.05, 0) is 44.2 Å². The Bertz CT molecular complexity index is 1220. The molecular formula is C24H24N2O5S. The highest BCUT2D eigenvalue weighted by Gasteiger charge is 2.26. The molecule has 0 amide bonds. The number of benzene rings is 1. The van der Waals surface area contributed by atoms with E-state index in [1.807, 2.05) is 24.3 Å². The monoisotopic (exact) mass is 452 g/mol. The van der Waals surface area contributed by atoms with Crippen LogP contribution in [0.4, 0.5) is 5.00 Å². The molecular weight excluding hydrogens is 428 g/mol. The second-order valence-corrected chi connectivity index (χ2v) is 8.71. The van der Waals surface area contributed by atoms with E-state index in [1.54, 1.807) is 19.3 Å². The first-order chi connectivity index (χ1) is 15.5. The number of ether oxygens (including phenoxy) is 1. The molecule has 2 aromatic heterocycles. The van der Waals surface area contributed by atoms with Crippen molar-refractivity contribution in [3.8, 4) is 0 Å². The Labute approximate surface area is 189 Å². The third-order valence-electron chi connectivity index (χ3n) is 5.52. The average Bonchev–Trinajstić information content (AvgIpc) is 3.34. The Kier molecular flexibility index (Phi) is 6.50. The number of rotatable bonds is 7. The molecule has 32 heavy (non-hydrogen) atoms. The zero-order valence-electron chi connectivity index (χ0n) is 17.8. The first-order valence-electron chi connectivity index (χ1n) is 10.7. The van der Waals surface area contributed by atoms with Crippen LogP contribution in [0, 0.1) is 0 Å². The predicted molar refractivity (Wildman–Crippen MR) is 124 cm³/mol. The van der Waals surface area contributed by atoms with E-state index >= 15 is 0 Å². The molecule has 1 aliphatic carbocycles. The number of fused-ring (bicyclic) bond motifs is 2. The summed E-state index contributed by atoms with van der Waals surface area (Å²) in [4.78, 5) is 42.0. The molecule has 166 valence electrons. The van der Waals surface area contributed by atoms with Crippen LogP contribution in [-0.4, -0.2) is 40.3 Å². The van der Waals surface area contributed by atoms with Crippen LogP contribution < -0.4 is 0 Å². The fourth-order valence-electron chi connectivity index (χ4n) is 4.03. The van der Waals surface area contributed by atoms with Crippen molar-refractivity contribution < 1.29 is 24.2 Å². The Morgan fingerprint density at radius 1 is 1.19 bits per heavy atom. The zero-order valence-corrected chi connectivity index (χ0v) is 18.6. The van der Waals surface area contributed by atoms with Gasteiger partial charge in [-0.3, -0.25) is 14.2 Å². The zero-order chi connectivity index (χ0) is 22.7. The lowest BCUT2D eigenvalue weighted by molar-refractivity contribution is -0.137. The average molecular weight is 453 g/mol. The Balaban J connectivity index is 1.72. The van der Waals surface area contributed by atoms with Gasteiger partial charge in [0.1, 0.15) is 5.00 Å². The third kappa shape index (κ3) is 4.36. The molecule has 0 atom stereocenters. The SMILES string of the molecule is CCOC(=O)c1c(N=Cc2cn(C(=O)CCC(=O)O)c3ccccc23)sc2c1CCCC2. The van der Waals surface area contributed by atoms with Gasteiger partial charge in [0.05, 0.1) is 24.1 Å². The van der Waals surface area contributed by atoms with Crippen molar-refractivity contribution >= 4 is 51.3 Å². The van der Waals surface area contributed by atoms with Gasteiger partial charge in [-0.1, -0.05) is 18.2 Å². The molecule has 0 fully saturated rings. The Morgan fingerprint density at radius 3 is 2.75 bits per heavy atom. The lowest BCUT2D eigenvalue weighted by atomic mass is 9.95. The molecule has 4 rings (SSSR count). The highest BCUT2D eigenvalue weighted by molar-refractivity contribution is 7.16. The summed E-state index contributed by atoms with van der Waals surface area (Å²) < 4.78 is 6.77. The first-order valence-corrected chi connectivity index (χ1v) is 11.5. The van der Waals surface area contributed by atoms with E-state index in [0.717, 1.165) is 42.2 Å². The van der Waals surface area contributed by atoms with E-state index in [-0.39, 0.29) is 24.7 Å². The molecule has 0 radical (unpaired) electrons.